The van der Waals surface area contributed by atoms with Crippen molar-refractivity contribution in [3.8, 4) is 0 Å². The molecular weight excluding hydrogens is 496 g/mol. The van der Waals surface area contributed by atoms with E-state index in [0.717, 1.165) is 57.8 Å². The van der Waals surface area contributed by atoms with Gasteiger partial charge in [0.25, 0.3) is 0 Å². The number of hydrogen-bond donors (Lipinski definition) is 1. The lowest BCUT2D eigenvalue weighted by atomic mass is 9.32. The Morgan fingerprint density at radius 2 is 1.55 bits per heavy atom. The van der Waals surface area contributed by atoms with Crippen molar-refractivity contribution in [2.75, 3.05) is 0 Å². The third kappa shape index (κ3) is 4.17. The van der Waals surface area contributed by atoms with E-state index in [1.54, 1.807) is 0 Å². The maximum Gasteiger partial charge on any atom is 0.309 e. The molecule has 5 rings (SSSR count). The Hall–Kier alpha value is -1.06. The van der Waals surface area contributed by atoms with Gasteiger partial charge in [-0.1, -0.05) is 68.2 Å². The van der Waals surface area contributed by atoms with Crippen LogP contribution in [-0.2, 0) is 14.3 Å². The van der Waals surface area contributed by atoms with Gasteiger partial charge in [0.15, 0.2) is 0 Å². The van der Waals surface area contributed by atoms with Gasteiger partial charge in [0, 0.05) is 11.8 Å². The van der Waals surface area contributed by atoms with Gasteiger partial charge in [0.2, 0.25) is 0 Å². The van der Waals surface area contributed by atoms with E-state index < -0.39 is 11.4 Å². The minimum Gasteiger partial charge on any atom is -0.481 e. The average Bonchev–Trinajstić information content (AvgIpc) is 3.28. The van der Waals surface area contributed by atoms with Gasteiger partial charge in [0.1, 0.15) is 6.10 Å². The van der Waals surface area contributed by atoms with Crippen LogP contribution in [0, 0.1) is 62.6 Å². The molecule has 0 heterocycles. The number of rotatable bonds is 7. The van der Waals surface area contributed by atoms with E-state index in [0.29, 0.717) is 41.9 Å². The van der Waals surface area contributed by atoms with Gasteiger partial charge in [0.05, 0.1) is 5.41 Å². The highest BCUT2D eigenvalue weighted by molar-refractivity contribution is 5.76. The number of carboxylic acids is 1. The molecule has 5 saturated carbocycles. The van der Waals surface area contributed by atoms with Gasteiger partial charge in [-0.05, 0) is 122 Å². The monoisotopic (exact) mass is 556 g/mol. The van der Waals surface area contributed by atoms with Crippen LogP contribution in [-0.4, -0.2) is 23.1 Å². The molecule has 0 amide bonds. The number of aliphatic carboxylic acids is 1. The zero-order chi connectivity index (χ0) is 29.3. The molecule has 0 spiro atoms. The van der Waals surface area contributed by atoms with Gasteiger partial charge in [-0.15, -0.1) is 0 Å². The summed E-state index contributed by atoms with van der Waals surface area (Å²) in [6.07, 6.45) is 14.6. The third-order valence-corrected chi connectivity index (χ3v) is 15.0. The van der Waals surface area contributed by atoms with Gasteiger partial charge in [-0.2, -0.15) is 0 Å². The highest BCUT2D eigenvalue weighted by atomic mass is 16.5. The van der Waals surface area contributed by atoms with Crippen LogP contribution >= 0.6 is 0 Å². The Kier molecular flexibility index (Phi) is 7.82. The average molecular weight is 557 g/mol. The van der Waals surface area contributed by atoms with Crippen molar-refractivity contribution in [1.82, 2.24) is 0 Å². The molecular formula is C36H60O4. The van der Waals surface area contributed by atoms with Crippen molar-refractivity contribution in [2.45, 2.75) is 151 Å². The van der Waals surface area contributed by atoms with Crippen molar-refractivity contribution < 1.29 is 19.4 Å². The zero-order valence-corrected chi connectivity index (χ0v) is 27.1. The summed E-state index contributed by atoms with van der Waals surface area (Å²) in [6.45, 7) is 19.5. The van der Waals surface area contributed by atoms with Crippen molar-refractivity contribution in [3.05, 3.63) is 0 Å². The summed E-state index contributed by atoms with van der Waals surface area (Å²) >= 11 is 0. The standard InChI is InChI=1S/C36H60O4/c1-9-10-11-12-29(37)40-28-17-18-33(6)26(32(28,4)5)16-19-35(8)27(33)14-13-25-30-24(23(2)3)15-20-36(30,31(38)39)22-21-34(25,35)7/h23-28,30H,9-22H2,1-8H3,(H,38,39)/t24-,25?,26?,27?,28+,30?,33-,34+,35+,36-/m0/s1. The minimum absolute atomic E-state index is 0.00387. The lowest BCUT2D eigenvalue weighted by molar-refractivity contribution is -0.251. The molecule has 228 valence electrons. The highest BCUT2D eigenvalue weighted by Crippen LogP contribution is 2.77. The summed E-state index contributed by atoms with van der Waals surface area (Å²) in [5, 5.41) is 10.6. The Labute approximate surface area is 245 Å². The topological polar surface area (TPSA) is 63.6 Å². The lowest BCUT2D eigenvalue weighted by Crippen LogP contribution is -2.67. The number of fused-ring (bicyclic) bond motifs is 7. The number of ether oxygens (including phenoxy) is 1. The second kappa shape index (κ2) is 10.3. The lowest BCUT2D eigenvalue weighted by Gasteiger charge is -2.72. The molecule has 10 atom stereocenters. The van der Waals surface area contributed by atoms with E-state index in [-0.39, 0.29) is 33.7 Å². The maximum absolute atomic E-state index is 12.9. The van der Waals surface area contributed by atoms with Gasteiger partial charge >= 0.3 is 11.9 Å². The molecule has 0 bridgehead atoms. The van der Waals surface area contributed by atoms with Gasteiger partial charge in [-0.25, -0.2) is 0 Å². The second-order valence-corrected chi connectivity index (χ2v) is 16.9. The zero-order valence-electron chi connectivity index (χ0n) is 27.1. The molecule has 40 heavy (non-hydrogen) atoms. The molecule has 5 aliphatic carbocycles. The summed E-state index contributed by atoms with van der Waals surface area (Å²) in [7, 11) is 0. The van der Waals surface area contributed by atoms with E-state index in [2.05, 4.69) is 55.4 Å². The normalized spacial score (nSPS) is 47.5. The number of carbonyl (C=O) groups is 2. The smallest absolute Gasteiger partial charge is 0.309 e. The second-order valence-electron chi connectivity index (χ2n) is 16.9. The third-order valence-electron chi connectivity index (χ3n) is 15.0. The fraction of sp³-hybridized carbons (Fsp3) is 0.944. The Morgan fingerprint density at radius 3 is 2.20 bits per heavy atom. The first-order valence-corrected chi connectivity index (χ1v) is 17.1. The number of hydrogen-bond acceptors (Lipinski definition) is 3. The maximum atomic E-state index is 12.9. The molecule has 5 fully saturated rings. The first kappa shape index (κ1) is 30.4. The van der Waals surface area contributed by atoms with Crippen molar-refractivity contribution in [2.24, 2.45) is 62.6 Å². The summed E-state index contributed by atoms with van der Waals surface area (Å²) in [5.74, 6) is 2.63. The quantitative estimate of drug-likeness (QED) is 0.251. The molecule has 0 aromatic carbocycles. The van der Waals surface area contributed by atoms with Crippen molar-refractivity contribution >= 4 is 11.9 Å². The molecule has 0 saturated heterocycles. The van der Waals surface area contributed by atoms with Crippen molar-refractivity contribution in [1.29, 1.82) is 0 Å². The number of carboxylic acid groups (broad SMARTS) is 1. The van der Waals surface area contributed by atoms with Crippen LogP contribution in [0.1, 0.15) is 145 Å². The van der Waals surface area contributed by atoms with Gasteiger partial charge < -0.3 is 9.84 Å². The highest BCUT2D eigenvalue weighted by Gasteiger charge is 2.72. The molecule has 0 radical (unpaired) electrons. The van der Waals surface area contributed by atoms with E-state index in [9.17, 15) is 14.7 Å². The first-order chi connectivity index (χ1) is 18.7. The summed E-state index contributed by atoms with van der Waals surface area (Å²) in [5.41, 5.74) is 0.146. The van der Waals surface area contributed by atoms with Crippen LogP contribution in [0.25, 0.3) is 0 Å². The fourth-order valence-electron chi connectivity index (χ4n) is 12.7. The molecule has 4 nitrogen and oxygen atoms in total. The van der Waals surface area contributed by atoms with Crippen LogP contribution in [0.15, 0.2) is 0 Å². The Bertz CT molecular complexity index is 985. The summed E-state index contributed by atoms with van der Waals surface area (Å²) in [4.78, 5) is 25.7. The minimum atomic E-state index is -0.505. The molecule has 0 aliphatic heterocycles. The Balaban J connectivity index is 1.42. The van der Waals surface area contributed by atoms with Gasteiger partial charge in [-0.3, -0.25) is 9.59 Å². The molecule has 4 heteroatoms. The van der Waals surface area contributed by atoms with Crippen LogP contribution in [0.2, 0.25) is 0 Å². The van der Waals surface area contributed by atoms with Crippen LogP contribution in [0.3, 0.4) is 0 Å². The fourth-order valence-corrected chi connectivity index (χ4v) is 12.7. The number of carbonyl (C=O) groups excluding carboxylic acids is 1. The molecule has 1 N–H and O–H groups in total. The molecule has 0 aromatic heterocycles. The predicted molar refractivity (Wildman–Crippen MR) is 161 cm³/mol. The van der Waals surface area contributed by atoms with E-state index in [1.807, 2.05) is 0 Å². The molecule has 5 aliphatic rings. The van der Waals surface area contributed by atoms with Crippen LogP contribution in [0.5, 0.6) is 0 Å². The molecule has 0 aromatic rings. The van der Waals surface area contributed by atoms with E-state index in [4.69, 9.17) is 4.74 Å². The van der Waals surface area contributed by atoms with E-state index >= 15 is 0 Å². The number of unbranched alkanes of at least 4 members (excludes halogenated alkanes) is 2. The largest absolute Gasteiger partial charge is 0.481 e. The predicted octanol–water partition coefficient (Wildman–Crippen LogP) is 9.30. The first-order valence-electron chi connectivity index (χ1n) is 17.1. The summed E-state index contributed by atoms with van der Waals surface area (Å²) < 4.78 is 6.23. The molecule has 4 unspecified atom stereocenters. The number of esters is 1. The summed E-state index contributed by atoms with van der Waals surface area (Å²) in [6, 6.07) is 0. The SMILES string of the molecule is CCCCCC(=O)O[C@@H]1CC[C@@]2(C)C(CC[C@]3(C)C2CCC2C4[C@H](C(C)C)CC[C@]4(C(=O)O)CC[C@]23C)C1(C)C. The van der Waals surface area contributed by atoms with Crippen LogP contribution in [0.4, 0.5) is 0 Å². The van der Waals surface area contributed by atoms with Crippen molar-refractivity contribution in [3.63, 3.8) is 0 Å². The Morgan fingerprint density at radius 1 is 0.825 bits per heavy atom. The van der Waals surface area contributed by atoms with E-state index in [1.165, 1.54) is 25.7 Å². The van der Waals surface area contributed by atoms with Crippen LogP contribution < -0.4 is 0 Å².